The molecule has 1 atom stereocenters. The summed E-state index contributed by atoms with van der Waals surface area (Å²) >= 11 is 0. The second-order valence-corrected chi connectivity index (χ2v) is 6.83. The molecule has 1 N–H and O–H groups in total. The summed E-state index contributed by atoms with van der Waals surface area (Å²) in [5.74, 6) is 0.619. The molecule has 0 heterocycles. The molecule has 0 saturated carbocycles. The van der Waals surface area contributed by atoms with E-state index in [1.165, 1.54) is 0 Å². The summed E-state index contributed by atoms with van der Waals surface area (Å²) in [6, 6.07) is 11.3. The molecule has 2 rings (SSSR count). The van der Waals surface area contributed by atoms with Gasteiger partial charge >= 0.3 is 6.09 Å². The lowest BCUT2D eigenvalue weighted by Crippen LogP contribution is -2.50. The fourth-order valence-electron chi connectivity index (χ4n) is 2.90. The average Bonchev–Trinajstić information content (AvgIpc) is 2.65. The maximum absolute atomic E-state index is 12.8. The van der Waals surface area contributed by atoms with Crippen molar-refractivity contribution >= 4 is 22.8 Å². The second kappa shape index (κ2) is 9.26. The van der Waals surface area contributed by atoms with Crippen LogP contribution in [0.3, 0.4) is 0 Å². The summed E-state index contributed by atoms with van der Waals surface area (Å²) in [6.07, 6.45) is -0.572. The van der Waals surface area contributed by atoms with E-state index < -0.39 is 12.1 Å². The number of ether oxygens (including phenoxy) is 2. The Bertz CT molecular complexity index is 804. The number of amides is 2. The molecule has 0 aliphatic heterocycles. The molecule has 27 heavy (non-hydrogen) atoms. The van der Waals surface area contributed by atoms with Crippen LogP contribution in [-0.2, 0) is 16.1 Å². The van der Waals surface area contributed by atoms with Gasteiger partial charge in [-0.1, -0.05) is 32.0 Å². The van der Waals surface area contributed by atoms with E-state index >= 15 is 0 Å². The fraction of sp³-hybridized carbons (Fsp3) is 0.429. The van der Waals surface area contributed by atoms with Crippen molar-refractivity contribution in [2.75, 3.05) is 20.8 Å². The van der Waals surface area contributed by atoms with Gasteiger partial charge in [0.05, 0.1) is 13.7 Å². The number of alkyl carbamates (subject to hydrolysis) is 1. The summed E-state index contributed by atoms with van der Waals surface area (Å²) in [5, 5.41) is 4.82. The molecule has 0 radical (unpaired) electrons. The van der Waals surface area contributed by atoms with Crippen molar-refractivity contribution in [3.63, 3.8) is 0 Å². The van der Waals surface area contributed by atoms with Gasteiger partial charge in [-0.15, -0.1) is 0 Å². The van der Waals surface area contributed by atoms with E-state index in [2.05, 4.69) is 11.4 Å². The molecule has 146 valence electrons. The van der Waals surface area contributed by atoms with Gasteiger partial charge in [-0.2, -0.15) is 0 Å². The second-order valence-electron chi connectivity index (χ2n) is 6.83. The zero-order valence-corrected chi connectivity index (χ0v) is 16.6. The standard InChI is InChI=1S/C21H28N2O4/c1-6-27-21(25)22-19(14(2)3)20(24)23(4)13-15-7-8-17-12-18(26-5)10-9-16(17)11-15/h7-12,14,19H,6,13H2,1-5H3,(H,22,25)/t19-/m1/s1. The third kappa shape index (κ3) is 5.36. The Kier molecular flexibility index (Phi) is 7.05. The zero-order valence-electron chi connectivity index (χ0n) is 16.6. The fourth-order valence-corrected chi connectivity index (χ4v) is 2.90. The SMILES string of the molecule is CCOC(=O)N[C@@H](C(=O)N(C)Cc1ccc2cc(OC)ccc2c1)C(C)C. The quantitative estimate of drug-likeness (QED) is 0.807. The van der Waals surface area contributed by atoms with Crippen molar-refractivity contribution < 1.29 is 19.1 Å². The number of likely N-dealkylation sites (N-methyl/N-ethyl adjacent to an activating group) is 1. The van der Waals surface area contributed by atoms with Gasteiger partial charge in [0.2, 0.25) is 5.91 Å². The van der Waals surface area contributed by atoms with Crippen molar-refractivity contribution in [1.82, 2.24) is 10.2 Å². The largest absolute Gasteiger partial charge is 0.497 e. The molecule has 0 aliphatic rings. The molecule has 6 nitrogen and oxygen atoms in total. The summed E-state index contributed by atoms with van der Waals surface area (Å²) in [7, 11) is 3.38. The third-order valence-corrected chi connectivity index (χ3v) is 4.39. The van der Waals surface area contributed by atoms with Gasteiger partial charge in [-0.3, -0.25) is 4.79 Å². The summed E-state index contributed by atoms with van der Waals surface area (Å²) in [4.78, 5) is 26.2. The normalized spacial score (nSPS) is 11.9. The predicted octanol–water partition coefficient (Wildman–Crippen LogP) is 3.58. The number of methoxy groups -OCH3 is 1. The number of hydrogen-bond donors (Lipinski definition) is 1. The minimum absolute atomic E-state index is 0.0478. The summed E-state index contributed by atoms with van der Waals surface area (Å²) in [5.41, 5.74) is 1.02. The number of rotatable bonds is 7. The molecule has 0 fully saturated rings. The Hall–Kier alpha value is -2.76. The van der Waals surface area contributed by atoms with Crippen LogP contribution in [0.1, 0.15) is 26.3 Å². The third-order valence-electron chi connectivity index (χ3n) is 4.39. The van der Waals surface area contributed by atoms with E-state index in [1.54, 1.807) is 26.0 Å². The first-order valence-electron chi connectivity index (χ1n) is 9.10. The van der Waals surface area contributed by atoms with Gasteiger partial charge in [-0.25, -0.2) is 4.79 Å². The molecule has 6 heteroatoms. The number of hydrogen-bond acceptors (Lipinski definition) is 4. The highest BCUT2D eigenvalue weighted by atomic mass is 16.5. The zero-order chi connectivity index (χ0) is 20.0. The predicted molar refractivity (Wildman–Crippen MR) is 106 cm³/mol. The van der Waals surface area contributed by atoms with E-state index in [4.69, 9.17) is 9.47 Å². The molecule has 0 aliphatic carbocycles. The van der Waals surface area contributed by atoms with E-state index in [-0.39, 0.29) is 18.4 Å². The van der Waals surface area contributed by atoms with Crippen LogP contribution in [0.15, 0.2) is 36.4 Å². The molecule has 0 spiro atoms. The number of benzene rings is 2. The van der Waals surface area contributed by atoms with Crippen LogP contribution in [0.25, 0.3) is 10.8 Å². The molecule has 0 aromatic heterocycles. The molecule has 0 saturated heterocycles. The van der Waals surface area contributed by atoms with Crippen molar-refractivity contribution in [2.45, 2.75) is 33.4 Å². The first kappa shape index (κ1) is 20.6. The topological polar surface area (TPSA) is 67.9 Å². The van der Waals surface area contributed by atoms with Crippen LogP contribution in [0.5, 0.6) is 5.75 Å². The Morgan fingerprint density at radius 1 is 1.11 bits per heavy atom. The van der Waals surface area contributed by atoms with Gasteiger partial charge in [0.25, 0.3) is 0 Å². The number of carbonyl (C=O) groups excluding carboxylic acids is 2. The molecular formula is C21H28N2O4. The maximum atomic E-state index is 12.8. The Morgan fingerprint density at radius 3 is 2.41 bits per heavy atom. The van der Waals surface area contributed by atoms with Crippen molar-refractivity contribution in [1.29, 1.82) is 0 Å². The van der Waals surface area contributed by atoms with Crippen molar-refractivity contribution in [3.05, 3.63) is 42.0 Å². The van der Waals surface area contributed by atoms with Crippen LogP contribution < -0.4 is 10.1 Å². The van der Waals surface area contributed by atoms with E-state index in [9.17, 15) is 9.59 Å². The lowest BCUT2D eigenvalue weighted by molar-refractivity contribution is -0.133. The number of fused-ring (bicyclic) bond motifs is 1. The van der Waals surface area contributed by atoms with Gasteiger partial charge < -0.3 is 19.7 Å². The molecule has 0 bridgehead atoms. The summed E-state index contributed by atoms with van der Waals surface area (Å²) < 4.78 is 10.2. The number of nitrogens with one attached hydrogen (secondary N) is 1. The minimum atomic E-state index is -0.626. The van der Waals surface area contributed by atoms with Crippen LogP contribution in [-0.4, -0.2) is 43.7 Å². The van der Waals surface area contributed by atoms with Crippen LogP contribution >= 0.6 is 0 Å². The molecule has 2 amide bonds. The van der Waals surface area contributed by atoms with E-state index in [0.29, 0.717) is 6.54 Å². The van der Waals surface area contributed by atoms with Crippen molar-refractivity contribution in [2.24, 2.45) is 5.92 Å². The lowest BCUT2D eigenvalue weighted by atomic mass is 10.0. The van der Waals surface area contributed by atoms with Gasteiger partial charge in [-0.05, 0) is 47.4 Å². The highest BCUT2D eigenvalue weighted by Gasteiger charge is 2.27. The van der Waals surface area contributed by atoms with Crippen molar-refractivity contribution in [3.8, 4) is 5.75 Å². The molecular weight excluding hydrogens is 344 g/mol. The molecule has 2 aromatic rings. The van der Waals surface area contributed by atoms with Gasteiger partial charge in [0.1, 0.15) is 11.8 Å². The van der Waals surface area contributed by atoms with Crippen LogP contribution in [0.2, 0.25) is 0 Å². The van der Waals surface area contributed by atoms with E-state index in [1.807, 2.05) is 44.2 Å². The van der Waals surface area contributed by atoms with E-state index in [0.717, 1.165) is 22.1 Å². The van der Waals surface area contributed by atoms with Crippen LogP contribution in [0.4, 0.5) is 4.79 Å². The Balaban J connectivity index is 2.11. The smallest absolute Gasteiger partial charge is 0.407 e. The number of carbonyl (C=O) groups is 2. The number of nitrogens with zero attached hydrogens (tertiary/aromatic N) is 1. The Morgan fingerprint density at radius 2 is 1.78 bits per heavy atom. The lowest BCUT2D eigenvalue weighted by Gasteiger charge is -2.27. The Labute approximate surface area is 160 Å². The average molecular weight is 372 g/mol. The van der Waals surface area contributed by atoms with Crippen LogP contribution in [0, 0.1) is 5.92 Å². The molecule has 0 unspecified atom stereocenters. The highest BCUT2D eigenvalue weighted by Crippen LogP contribution is 2.22. The monoisotopic (exact) mass is 372 g/mol. The minimum Gasteiger partial charge on any atom is -0.497 e. The summed E-state index contributed by atoms with van der Waals surface area (Å²) in [6.45, 7) is 6.24. The molecule has 2 aromatic carbocycles. The first-order chi connectivity index (χ1) is 12.8. The highest BCUT2D eigenvalue weighted by molar-refractivity contribution is 5.86. The first-order valence-corrected chi connectivity index (χ1v) is 9.10. The maximum Gasteiger partial charge on any atom is 0.407 e. The van der Waals surface area contributed by atoms with Gasteiger partial charge in [0.15, 0.2) is 0 Å². The van der Waals surface area contributed by atoms with Gasteiger partial charge in [0, 0.05) is 13.6 Å².